The van der Waals surface area contributed by atoms with Gasteiger partial charge >= 0.3 is 0 Å². The van der Waals surface area contributed by atoms with Crippen molar-refractivity contribution in [2.24, 2.45) is 5.10 Å². The molecule has 0 spiro atoms. The zero-order valence-corrected chi connectivity index (χ0v) is 18.1. The zero-order valence-electron chi connectivity index (χ0n) is 16.6. The number of benzene rings is 4. The van der Waals surface area contributed by atoms with Crippen LogP contribution in [0.5, 0.6) is 5.75 Å². The average Bonchev–Trinajstić information content (AvgIpc) is 2.77. The third-order valence-corrected chi connectivity index (χ3v) is 5.62. The van der Waals surface area contributed by atoms with Gasteiger partial charge < -0.3 is 4.74 Å². The molecule has 4 nitrogen and oxygen atoms in total. The standard InChI is InChI=1S/C25H21BrN2O2/c1-2-30-24-14-12-17-7-3-4-8-19(17)22(24)16-27-28-25(29)15-18-11-13-23(26)21-10-6-5-9-20(18)21/h3-14,16H,2,15H2,1H3,(H,28,29)/b27-16-. The smallest absolute Gasteiger partial charge is 0.244 e. The predicted octanol–water partition coefficient (Wildman–Crippen LogP) is 5.85. The molecule has 0 aliphatic rings. The Kier molecular flexibility index (Phi) is 6.10. The summed E-state index contributed by atoms with van der Waals surface area (Å²) in [7, 11) is 0. The van der Waals surface area contributed by atoms with Crippen molar-refractivity contribution in [2.45, 2.75) is 13.3 Å². The molecule has 0 bridgehead atoms. The number of fused-ring (bicyclic) bond motifs is 2. The van der Waals surface area contributed by atoms with E-state index >= 15 is 0 Å². The second kappa shape index (κ2) is 9.09. The van der Waals surface area contributed by atoms with Gasteiger partial charge in [0.05, 0.1) is 19.2 Å². The molecule has 0 aromatic heterocycles. The summed E-state index contributed by atoms with van der Waals surface area (Å²) < 4.78 is 6.76. The molecule has 1 amide bonds. The van der Waals surface area contributed by atoms with Gasteiger partial charge in [-0.15, -0.1) is 0 Å². The Labute approximate surface area is 183 Å². The Morgan fingerprint density at radius 1 is 0.967 bits per heavy atom. The van der Waals surface area contributed by atoms with Gasteiger partial charge in [-0.2, -0.15) is 5.10 Å². The summed E-state index contributed by atoms with van der Waals surface area (Å²) in [6, 6.07) is 24.0. The summed E-state index contributed by atoms with van der Waals surface area (Å²) >= 11 is 3.57. The molecule has 0 atom stereocenters. The summed E-state index contributed by atoms with van der Waals surface area (Å²) in [5, 5.41) is 8.48. The molecule has 0 aliphatic heterocycles. The van der Waals surface area contributed by atoms with E-state index in [4.69, 9.17) is 4.74 Å². The van der Waals surface area contributed by atoms with E-state index in [0.29, 0.717) is 6.61 Å². The Morgan fingerprint density at radius 2 is 1.70 bits per heavy atom. The highest BCUT2D eigenvalue weighted by atomic mass is 79.9. The summed E-state index contributed by atoms with van der Waals surface area (Å²) in [6.45, 7) is 2.50. The highest BCUT2D eigenvalue weighted by Crippen LogP contribution is 2.28. The number of rotatable bonds is 6. The lowest BCUT2D eigenvalue weighted by atomic mass is 10.0. The molecular weight excluding hydrogens is 440 g/mol. The molecule has 0 heterocycles. The van der Waals surface area contributed by atoms with Crippen molar-refractivity contribution < 1.29 is 9.53 Å². The Balaban J connectivity index is 1.55. The lowest BCUT2D eigenvalue weighted by molar-refractivity contribution is -0.120. The Bertz CT molecular complexity index is 1250. The summed E-state index contributed by atoms with van der Waals surface area (Å²) in [6.07, 6.45) is 1.91. The monoisotopic (exact) mass is 460 g/mol. The largest absolute Gasteiger partial charge is 0.493 e. The van der Waals surface area contributed by atoms with Crippen LogP contribution in [0.1, 0.15) is 18.1 Å². The third kappa shape index (κ3) is 4.21. The van der Waals surface area contributed by atoms with Crippen molar-refractivity contribution in [3.8, 4) is 5.75 Å². The lowest BCUT2D eigenvalue weighted by Crippen LogP contribution is -2.20. The maximum Gasteiger partial charge on any atom is 0.244 e. The first-order chi connectivity index (χ1) is 14.7. The minimum atomic E-state index is -0.170. The summed E-state index contributed by atoms with van der Waals surface area (Å²) in [4.78, 5) is 12.5. The van der Waals surface area contributed by atoms with Crippen LogP contribution in [-0.4, -0.2) is 18.7 Å². The fraction of sp³-hybridized carbons (Fsp3) is 0.120. The van der Waals surface area contributed by atoms with E-state index in [9.17, 15) is 4.79 Å². The Morgan fingerprint density at radius 3 is 2.50 bits per heavy atom. The Hall–Kier alpha value is -3.18. The van der Waals surface area contributed by atoms with E-state index in [1.807, 2.05) is 79.7 Å². The molecule has 0 unspecified atom stereocenters. The molecule has 4 aromatic carbocycles. The fourth-order valence-corrected chi connectivity index (χ4v) is 4.03. The fourth-order valence-electron chi connectivity index (χ4n) is 3.55. The first-order valence-electron chi connectivity index (χ1n) is 9.80. The minimum Gasteiger partial charge on any atom is -0.493 e. The first kappa shape index (κ1) is 20.1. The molecular formula is C25H21BrN2O2. The third-order valence-electron chi connectivity index (χ3n) is 4.93. The van der Waals surface area contributed by atoms with E-state index in [2.05, 4.69) is 26.5 Å². The van der Waals surface area contributed by atoms with Crippen molar-refractivity contribution in [1.82, 2.24) is 5.43 Å². The van der Waals surface area contributed by atoms with E-state index in [0.717, 1.165) is 42.9 Å². The van der Waals surface area contributed by atoms with Gasteiger partial charge in [0, 0.05) is 10.0 Å². The van der Waals surface area contributed by atoms with Gasteiger partial charge in [-0.3, -0.25) is 4.79 Å². The molecule has 150 valence electrons. The SMILES string of the molecule is CCOc1ccc2ccccc2c1/C=N\NC(=O)Cc1ccc(Br)c2ccccc12. The van der Waals surface area contributed by atoms with E-state index < -0.39 is 0 Å². The molecule has 1 N–H and O–H groups in total. The van der Waals surface area contributed by atoms with Crippen molar-refractivity contribution in [1.29, 1.82) is 0 Å². The number of hydrogen-bond donors (Lipinski definition) is 1. The number of amides is 1. The van der Waals surface area contributed by atoms with Gasteiger partial charge in [-0.25, -0.2) is 5.43 Å². The molecule has 30 heavy (non-hydrogen) atoms. The average molecular weight is 461 g/mol. The molecule has 0 fully saturated rings. The van der Waals surface area contributed by atoms with Gasteiger partial charge in [0.25, 0.3) is 0 Å². The topological polar surface area (TPSA) is 50.7 Å². The van der Waals surface area contributed by atoms with Crippen LogP contribution in [-0.2, 0) is 11.2 Å². The molecule has 4 rings (SSSR count). The van der Waals surface area contributed by atoms with Gasteiger partial charge in [0.2, 0.25) is 5.91 Å². The van der Waals surface area contributed by atoms with Crippen LogP contribution in [0.4, 0.5) is 0 Å². The van der Waals surface area contributed by atoms with E-state index in [1.54, 1.807) is 6.21 Å². The molecule has 0 saturated heterocycles. The maximum atomic E-state index is 12.5. The molecule has 0 radical (unpaired) electrons. The number of carbonyl (C=O) groups is 1. The van der Waals surface area contributed by atoms with Crippen LogP contribution in [0, 0.1) is 0 Å². The van der Waals surface area contributed by atoms with Crippen molar-refractivity contribution in [3.63, 3.8) is 0 Å². The minimum absolute atomic E-state index is 0.170. The van der Waals surface area contributed by atoms with Crippen LogP contribution < -0.4 is 10.2 Å². The van der Waals surface area contributed by atoms with Crippen molar-refractivity contribution in [2.75, 3.05) is 6.61 Å². The number of halogens is 1. The summed E-state index contributed by atoms with van der Waals surface area (Å²) in [5.74, 6) is 0.574. The molecule has 5 heteroatoms. The highest BCUT2D eigenvalue weighted by molar-refractivity contribution is 9.10. The van der Waals surface area contributed by atoms with Crippen LogP contribution in [0.25, 0.3) is 21.5 Å². The number of nitrogens with one attached hydrogen (secondary N) is 1. The molecule has 0 aliphatic carbocycles. The normalized spacial score (nSPS) is 11.3. The number of hydrogen-bond acceptors (Lipinski definition) is 3. The summed E-state index contributed by atoms with van der Waals surface area (Å²) in [5.41, 5.74) is 4.47. The number of ether oxygens (including phenoxy) is 1. The van der Waals surface area contributed by atoms with Crippen LogP contribution in [0.15, 0.2) is 82.4 Å². The quantitative estimate of drug-likeness (QED) is 0.290. The van der Waals surface area contributed by atoms with Crippen molar-refractivity contribution >= 4 is 49.6 Å². The van der Waals surface area contributed by atoms with Gasteiger partial charge in [0.1, 0.15) is 5.75 Å². The zero-order chi connectivity index (χ0) is 20.9. The van der Waals surface area contributed by atoms with Gasteiger partial charge in [-0.1, -0.05) is 76.6 Å². The van der Waals surface area contributed by atoms with E-state index in [1.165, 1.54) is 0 Å². The molecule has 0 saturated carbocycles. The highest BCUT2D eigenvalue weighted by Gasteiger charge is 2.09. The number of hydrazone groups is 1. The van der Waals surface area contributed by atoms with Crippen LogP contribution in [0.3, 0.4) is 0 Å². The second-order valence-corrected chi connectivity index (χ2v) is 7.71. The van der Waals surface area contributed by atoms with Gasteiger partial charge in [0.15, 0.2) is 0 Å². The van der Waals surface area contributed by atoms with Crippen LogP contribution in [0.2, 0.25) is 0 Å². The second-order valence-electron chi connectivity index (χ2n) is 6.85. The van der Waals surface area contributed by atoms with Gasteiger partial charge in [-0.05, 0) is 46.2 Å². The van der Waals surface area contributed by atoms with E-state index in [-0.39, 0.29) is 12.3 Å². The molecule has 4 aromatic rings. The number of nitrogens with zero attached hydrogens (tertiary/aromatic N) is 1. The maximum absolute atomic E-state index is 12.5. The first-order valence-corrected chi connectivity index (χ1v) is 10.6. The lowest BCUT2D eigenvalue weighted by Gasteiger charge is -2.10. The van der Waals surface area contributed by atoms with Crippen molar-refractivity contribution in [3.05, 3.63) is 88.4 Å². The number of carbonyl (C=O) groups excluding carboxylic acids is 1. The van der Waals surface area contributed by atoms with Crippen LogP contribution >= 0.6 is 15.9 Å². The predicted molar refractivity (Wildman–Crippen MR) is 126 cm³/mol.